The van der Waals surface area contributed by atoms with Crippen LogP contribution in [-0.4, -0.2) is 71.1 Å². The van der Waals surface area contributed by atoms with Crippen LogP contribution in [0.25, 0.3) is 0 Å². The van der Waals surface area contributed by atoms with Crippen LogP contribution in [-0.2, 0) is 11.3 Å². The summed E-state index contributed by atoms with van der Waals surface area (Å²) in [6, 6.07) is 6.61. The van der Waals surface area contributed by atoms with E-state index in [-0.39, 0.29) is 5.91 Å². The number of hydrogen-bond acceptors (Lipinski definition) is 5. The van der Waals surface area contributed by atoms with E-state index in [4.69, 9.17) is 0 Å². The molecule has 0 N–H and O–H groups in total. The van der Waals surface area contributed by atoms with Crippen molar-refractivity contribution in [2.75, 3.05) is 39.8 Å². The highest BCUT2D eigenvalue weighted by Crippen LogP contribution is 2.11. The summed E-state index contributed by atoms with van der Waals surface area (Å²) in [7, 11) is 1.34. The van der Waals surface area contributed by atoms with E-state index < -0.39 is 5.97 Å². The summed E-state index contributed by atoms with van der Waals surface area (Å²) < 4.78 is 6.72. The van der Waals surface area contributed by atoms with Gasteiger partial charge in [0.05, 0.1) is 19.0 Å². The molecule has 132 valence electrons. The Labute approximate surface area is 146 Å². The maximum Gasteiger partial charge on any atom is 0.337 e. The number of nitrogens with zero attached hydrogens (tertiary/aromatic N) is 4. The highest BCUT2D eigenvalue weighted by atomic mass is 16.5. The van der Waals surface area contributed by atoms with Gasteiger partial charge in [-0.3, -0.25) is 9.69 Å². The van der Waals surface area contributed by atoms with E-state index >= 15 is 0 Å². The molecule has 2 heterocycles. The molecular formula is C18H22N4O3. The second kappa shape index (κ2) is 7.94. The fourth-order valence-electron chi connectivity index (χ4n) is 2.90. The Morgan fingerprint density at radius 3 is 2.32 bits per heavy atom. The third-order valence-corrected chi connectivity index (χ3v) is 4.45. The van der Waals surface area contributed by atoms with E-state index in [1.807, 2.05) is 17.4 Å². The maximum atomic E-state index is 12.6. The smallest absolute Gasteiger partial charge is 0.337 e. The number of aromatic nitrogens is 2. The first-order valence-corrected chi connectivity index (χ1v) is 8.33. The molecule has 1 aliphatic heterocycles. The van der Waals surface area contributed by atoms with E-state index in [1.165, 1.54) is 7.11 Å². The van der Waals surface area contributed by atoms with Crippen LogP contribution < -0.4 is 0 Å². The lowest BCUT2D eigenvalue weighted by Crippen LogP contribution is -2.49. The van der Waals surface area contributed by atoms with Crippen LogP contribution in [0.5, 0.6) is 0 Å². The summed E-state index contributed by atoms with van der Waals surface area (Å²) in [5, 5.41) is 0. The van der Waals surface area contributed by atoms with E-state index in [2.05, 4.69) is 19.2 Å². The molecule has 0 atom stereocenters. The minimum absolute atomic E-state index is 0.00525. The molecular weight excluding hydrogens is 320 g/mol. The first-order chi connectivity index (χ1) is 12.2. The standard InChI is InChI=1S/C18H22N4O3/c1-25-18(24)16-4-2-15(3-5-16)17(23)22-12-10-20(11-13-22)8-9-21-7-6-19-14-21/h2-7,14H,8-13H2,1H3. The first-order valence-electron chi connectivity index (χ1n) is 8.33. The number of rotatable bonds is 5. The zero-order valence-corrected chi connectivity index (χ0v) is 14.3. The average molecular weight is 342 g/mol. The maximum absolute atomic E-state index is 12.6. The number of methoxy groups -OCH3 is 1. The van der Waals surface area contributed by atoms with Crippen molar-refractivity contribution in [2.24, 2.45) is 0 Å². The first kappa shape index (κ1) is 17.2. The van der Waals surface area contributed by atoms with Gasteiger partial charge in [0.15, 0.2) is 0 Å². The van der Waals surface area contributed by atoms with Crippen LogP contribution in [0.3, 0.4) is 0 Å². The van der Waals surface area contributed by atoms with Gasteiger partial charge in [-0.1, -0.05) is 0 Å². The van der Waals surface area contributed by atoms with E-state index in [0.29, 0.717) is 24.2 Å². The molecule has 2 aromatic rings. The van der Waals surface area contributed by atoms with Gasteiger partial charge >= 0.3 is 5.97 Å². The van der Waals surface area contributed by atoms with E-state index in [0.717, 1.165) is 26.2 Å². The number of piperazine rings is 1. The Bertz CT molecular complexity index is 704. The minimum Gasteiger partial charge on any atom is -0.465 e. The molecule has 3 rings (SSSR count). The Morgan fingerprint density at radius 2 is 1.72 bits per heavy atom. The lowest BCUT2D eigenvalue weighted by atomic mass is 10.1. The molecule has 1 aromatic carbocycles. The van der Waals surface area contributed by atoms with Gasteiger partial charge in [0.1, 0.15) is 0 Å². The second-order valence-electron chi connectivity index (χ2n) is 6.00. The molecule has 1 aliphatic rings. The summed E-state index contributed by atoms with van der Waals surface area (Å²) in [6.07, 6.45) is 5.55. The summed E-state index contributed by atoms with van der Waals surface area (Å²) in [6.45, 7) is 5.00. The van der Waals surface area contributed by atoms with Crippen molar-refractivity contribution >= 4 is 11.9 Å². The SMILES string of the molecule is COC(=O)c1ccc(C(=O)N2CCN(CCn3ccnc3)CC2)cc1. The van der Waals surface area contributed by atoms with Gasteiger partial charge in [-0.2, -0.15) is 0 Å². The molecule has 1 amide bonds. The third kappa shape index (κ3) is 4.24. The average Bonchev–Trinajstić information content (AvgIpc) is 3.19. The lowest BCUT2D eigenvalue weighted by Gasteiger charge is -2.34. The van der Waals surface area contributed by atoms with Gasteiger partial charge in [-0.05, 0) is 24.3 Å². The number of hydrogen-bond donors (Lipinski definition) is 0. The Morgan fingerprint density at radius 1 is 1.04 bits per heavy atom. The largest absolute Gasteiger partial charge is 0.465 e. The van der Waals surface area contributed by atoms with Crippen molar-refractivity contribution in [1.29, 1.82) is 0 Å². The summed E-state index contributed by atoms with van der Waals surface area (Å²) in [5.74, 6) is -0.392. The highest BCUT2D eigenvalue weighted by Gasteiger charge is 2.22. The van der Waals surface area contributed by atoms with Crippen molar-refractivity contribution in [3.05, 3.63) is 54.1 Å². The van der Waals surface area contributed by atoms with Gasteiger partial charge in [-0.15, -0.1) is 0 Å². The van der Waals surface area contributed by atoms with Crippen LogP contribution >= 0.6 is 0 Å². The number of imidazole rings is 1. The summed E-state index contributed by atoms with van der Waals surface area (Å²) >= 11 is 0. The number of carbonyl (C=O) groups excluding carboxylic acids is 2. The number of ether oxygens (including phenoxy) is 1. The molecule has 0 aliphatic carbocycles. The van der Waals surface area contributed by atoms with Gasteiger partial charge in [-0.25, -0.2) is 9.78 Å². The van der Waals surface area contributed by atoms with Gasteiger partial charge in [0.25, 0.3) is 5.91 Å². The van der Waals surface area contributed by atoms with Crippen LogP contribution in [0, 0.1) is 0 Å². The predicted molar refractivity (Wildman–Crippen MR) is 92.4 cm³/mol. The predicted octanol–water partition coefficient (Wildman–Crippen LogP) is 1.13. The molecule has 1 fully saturated rings. The fourth-order valence-corrected chi connectivity index (χ4v) is 2.90. The molecule has 25 heavy (non-hydrogen) atoms. The monoisotopic (exact) mass is 342 g/mol. The van der Waals surface area contributed by atoms with E-state index in [9.17, 15) is 9.59 Å². The zero-order valence-electron chi connectivity index (χ0n) is 14.3. The van der Waals surface area contributed by atoms with Crippen LogP contribution in [0.4, 0.5) is 0 Å². The molecule has 0 unspecified atom stereocenters. The zero-order chi connectivity index (χ0) is 17.6. The number of esters is 1. The normalized spacial score (nSPS) is 15.2. The Balaban J connectivity index is 1.50. The van der Waals surface area contributed by atoms with Gasteiger partial charge in [0, 0.05) is 57.2 Å². The van der Waals surface area contributed by atoms with Crippen molar-refractivity contribution in [3.8, 4) is 0 Å². The molecule has 0 saturated carbocycles. The molecule has 7 heteroatoms. The highest BCUT2D eigenvalue weighted by molar-refractivity contribution is 5.96. The molecule has 1 saturated heterocycles. The van der Waals surface area contributed by atoms with Crippen LogP contribution in [0.1, 0.15) is 20.7 Å². The molecule has 1 aromatic heterocycles. The van der Waals surface area contributed by atoms with Crippen molar-refractivity contribution in [3.63, 3.8) is 0 Å². The fraction of sp³-hybridized carbons (Fsp3) is 0.389. The summed E-state index contributed by atoms with van der Waals surface area (Å²) in [4.78, 5) is 32.3. The Kier molecular flexibility index (Phi) is 5.45. The number of benzene rings is 1. The molecule has 0 spiro atoms. The second-order valence-corrected chi connectivity index (χ2v) is 6.00. The van der Waals surface area contributed by atoms with Gasteiger partial charge < -0.3 is 14.2 Å². The minimum atomic E-state index is -0.398. The Hall–Kier alpha value is -2.67. The van der Waals surface area contributed by atoms with E-state index in [1.54, 1.807) is 30.5 Å². The van der Waals surface area contributed by atoms with Crippen LogP contribution in [0.2, 0.25) is 0 Å². The number of carbonyl (C=O) groups is 2. The van der Waals surface area contributed by atoms with Crippen molar-refractivity contribution in [1.82, 2.24) is 19.4 Å². The quantitative estimate of drug-likeness (QED) is 0.762. The molecule has 0 radical (unpaired) electrons. The third-order valence-electron chi connectivity index (χ3n) is 4.45. The van der Waals surface area contributed by atoms with Gasteiger partial charge in [0.2, 0.25) is 0 Å². The lowest BCUT2D eigenvalue weighted by molar-refractivity contribution is 0.0596. The topological polar surface area (TPSA) is 67.7 Å². The number of amides is 1. The van der Waals surface area contributed by atoms with Crippen molar-refractivity contribution in [2.45, 2.75) is 6.54 Å². The molecule has 0 bridgehead atoms. The summed E-state index contributed by atoms with van der Waals surface area (Å²) in [5.41, 5.74) is 1.04. The molecule has 7 nitrogen and oxygen atoms in total. The van der Waals surface area contributed by atoms with Crippen LogP contribution in [0.15, 0.2) is 43.0 Å². The van der Waals surface area contributed by atoms with Crippen molar-refractivity contribution < 1.29 is 14.3 Å².